The highest BCUT2D eigenvalue weighted by atomic mass is 35.5. The van der Waals surface area contributed by atoms with Gasteiger partial charge in [-0.05, 0) is 30.9 Å². The van der Waals surface area contributed by atoms with Gasteiger partial charge in [0.2, 0.25) is 10.0 Å². The lowest BCUT2D eigenvalue weighted by molar-refractivity contribution is 0.412. The van der Waals surface area contributed by atoms with Gasteiger partial charge in [-0.15, -0.1) is 11.6 Å². The molecule has 2 rings (SSSR count). The van der Waals surface area contributed by atoms with Gasteiger partial charge in [0.15, 0.2) is 0 Å². The number of rotatable bonds is 6. The third-order valence-electron chi connectivity index (χ3n) is 3.41. The zero-order valence-electron chi connectivity index (χ0n) is 11.1. The highest BCUT2D eigenvalue weighted by molar-refractivity contribution is 7.89. The summed E-state index contributed by atoms with van der Waals surface area (Å²) in [5, 5.41) is 0.510. The van der Waals surface area contributed by atoms with Crippen LogP contribution in [0.3, 0.4) is 0 Å². The molecule has 112 valence electrons. The van der Waals surface area contributed by atoms with Gasteiger partial charge in [-0.1, -0.05) is 30.1 Å². The summed E-state index contributed by atoms with van der Waals surface area (Å²) in [5.41, 5.74) is 0.457. The zero-order valence-corrected chi connectivity index (χ0v) is 14.2. The van der Waals surface area contributed by atoms with Crippen LogP contribution in [0.5, 0.6) is 0 Å². The minimum atomic E-state index is -3.60. The molecule has 0 heterocycles. The highest BCUT2D eigenvalue weighted by Crippen LogP contribution is 2.36. The summed E-state index contributed by atoms with van der Waals surface area (Å²) in [7, 11) is -3.60. The number of benzene rings is 1. The van der Waals surface area contributed by atoms with Crippen LogP contribution in [0.1, 0.15) is 25.3 Å². The van der Waals surface area contributed by atoms with Crippen LogP contribution in [0.4, 0.5) is 0 Å². The van der Waals surface area contributed by atoms with E-state index in [-0.39, 0.29) is 15.8 Å². The quantitative estimate of drug-likeness (QED) is 0.718. The summed E-state index contributed by atoms with van der Waals surface area (Å²) in [4.78, 5) is 0.0849. The van der Waals surface area contributed by atoms with Crippen molar-refractivity contribution in [2.45, 2.75) is 30.5 Å². The number of halogens is 3. The lowest BCUT2D eigenvalue weighted by Crippen LogP contribution is -2.33. The maximum atomic E-state index is 12.7. The number of nitrogens with zero attached hydrogens (tertiary/aromatic N) is 1. The zero-order chi connectivity index (χ0) is 14.9. The lowest BCUT2D eigenvalue weighted by Gasteiger charge is -2.21. The molecule has 3 nitrogen and oxygen atoms in total. The molecule has 0 N–H and O–H groups in total. The van der Waals surface area contributed by atoms with Crippen molar-refractivity contribution in [1.29, 1.82) is 0 Å². The summed E-state index contributed by atoms with van der Waals surface area (Å²) >= 11 is 17.9. The van der Waals surface area contributed by atoms with Crippen molar-refractivity contribution < 1.29 is 8.42 Å². The summed E-state index contributed by atoms with van der Waals surface area (Å²) in [6, 6.07) is 2.98. The smallest absolute Gasteiger partial charge is 0.207 e. The van der Waals surface area contributed by atoms with Gasteiger partial charge in [-0.3, -0.25) is 0 Å². The maximum Gasteiger partial charge on any atom is 0.244 e. The minimum Gasteiger partial charge on any atom is -0.207 e. The number of alkyl halides is 1. The first kappa shape index (κ1) is 16.4. The van der Waals surface area contributed by atoms with E-state index in [1.165, 1.54) is 16.4 Å². The van der Waals surface area contributed by atoms with Gasteiger partial charge in [0.25, 0.3) is 0 Å². The molecule has 0 aromatic heterocycles. The molecular weight excluding hydrogens is 341 g/mol. The fourth-order valence-electron chi connectivity index (χ4n) is 2.02. The molecule has 1 saturated carbocycles. The van der Waals surface area contributed by atoms with E-state index in [0.29, 0.717) is 29.6 Å². The summed E-state index contributed by atoms with van der Waals surface area (Å²) in [6.07, 6.45) is 2.18. The SMILES string of the molecule is CCN(CC1CC1)S(=O)(=O)c1ccc(Cl)c(CCl)c1Cl. The Balaban J connectivity index is 2.42. The Morgan fingerprint density at radius 3 is 2.45 bits per heavy atom. The lowest BCUT2D eigenvalue weighted by atomic mass is 10.2. The van der Waals surface area contributed by atoms with E-state index in [1.54, 1.807) is 0 Å². The van der Waals surface area contributed by atoms with Crippen LogP contribution in [0.2, 0.25) is 10.0 Å². The van der Waals surface area contributed by atoms with Crippen molar-refractivity contribution in [1.82, 2.24) is 4.31 Å². The van der Waals surface area contributed by atoms with E-state index in [2.05, 4.69) is 0 Å². The number of hydrogen-bond acceptors (Lipinski definition) is 2. The molecule has 1 aliphatic carbocycles. The topological polar surface area (TPSA) is 37.4 Å². The second-order valence-corrected chi connectivity index (χ2v) is 7.83. The Hall–Kier alpha value is -0.000000000000000167. The summed E-state index contributed by atoms with van der Waals surface area (Å²) in [6.45, 7) is 2.80. The molecule has 0 aliphatic heterocycles. The number of sulfonamides is 1. The molecule has 0 saturated heterocycles. The van der Waals surface area contributed by atoms with Gasteiger partial charge in [0.1, 0.15) is 4.90 Å². The van der Waals surface area contributed by atoms with E-state index in [0.717, 1.165) is 12.8 Å². The fourth-order valence-corrected chi connectivity index (χ4v) is 4.85. The van der Waals surface area contributed by atoms with E-state index < -0.39 is 10.0 Å². The molecular formula is C13H16Cl3NO2S. The van der Waals surface area contributed by atoms with Crippen LogP contribution in [0.25, 0.3) is 0 Å². The van der Waals surface area contributed by atoms with Crippen LogP contribution in [0, 0.1) is 5.92 Å². The fraction of sp³-hybridized carbons (Fsp3) is 0.538. The molecule has 20 heavy (non-hydrogen) atoms. The summed E-state index contributed by atoms with van der Waals surface area (Å²) in [5.74, 6) is 0.554. The van der Waals surface area contributed by atoms with E-state index >= 15 is 0 Å². The average molecular weight is 357 g/mol. The molecule has 1 aromatic rings. The van der Waals surface area contributed by atoms with Gasteiger partial charge in [0.05, 0.1) is 10.9 Å². The van der Waals surface area contributed by atoms with Gasteiger partial charge < -0.3 is 0 Å². The second kappa shape index (κ2) is 6.41. The van der Waals surface area contributed by atoms with Crippen LogP contribution in [0.15, 0.2) is 17.0 Å². The molecule has 0 unspecified atom stereocenters. The van der Waals surface area contributed by atoms with Crippen LogP contribution in [-0.4, -0.2) is 25.8 Å². The molecule has 7 heteroatoms. The van der Waals surface area contributed by atoms with Crippen molar-refractivity contribution in [3.8, 4) is 0 Å². The van der Waals surface area contributed by atoms with E-state index in [4.69, 9.17) is 34.8 Å². The van der Waals surface area contributed by atoms with Crippen molar-refractivity contribution in [2.24, 2.45) is 5.92 Å². The van der Waals surface area contributed by atoms with Crippen molar-refractivity contribution >= 4 is 44.8 Å². The maximum absolute atomic E-state index is 12.7. The van der Waals surface area contributed by atoms with Gasteiger partial charge in [0, 0.05) is 23.7 Å². The monoisotopic (exact) mass is 355 g/mol. The molecule has 1 fully saturated rings. The molecule has 0 atom stereocenters. The summed E-state index contributed by atoms with van der Waals surface area (Å²) < 4.78 is 26.8. The predicted octanol–water partition coefficient (Wildman–Crippen LogP) is 4.15. The Labute approximate surface area is 134 Å². The minimum absolute atomic E-state index is 0.0791. The first-order chi connectivity index (χ1) is 9.41. The molecule has 0 bridgehead atoms. The third-order valence-corrected chi connectivity index (χ3v) is 6.56. The van der Waals surface area contributed by atoms with Crippen molar-refractivity contribution in [3.05, 3.63) is 27.7 Å². The van der Waals surface area contributed by atoms with E-state index in [9.17, 15) is 8.42 Å². The van der Waals surface area contributed by atoms with Crippen molar-refractivity contribution in [3.63, 3.8) is 0 Å². The Morgan fingerprint density at radius 2 is 1.95 bits per heavy atom. The van der Waals surface area contributed by atoms with Gasteiger partial charge in [-0.2, -0.15) is 4.31 Å². The standard InChI is InChI=1S/C13H16Cl3NO2S/c1-2-17(8-9-3-4-9)20(18,19)12-6-5-11(15)10(7-14)13(12)16/h5-6,9H,2-4,7-8H2,1H3. The highest BCUT2D eigenvalue weighted by Gasteiger charge is 2.32. The van der Waals surface area contributed by atoms with Crippen LogP contribution < -0.4 is 0 Å². The van der Waals surface area contributed by atoms with Gasteiger partial charge >= 0.3 is 0 Å². The Bertz CT molecular complexity index is 600. The first-order valence-corrected chi connectivity index (χ1v) is 9.17. The molecule has 0 amide bonds. The van der Waals surface area contributed by atoms with Crippen molar-refractivity contribution in [2.75, 3.05) is 13.1 Å². The van der Waals surface area contributed by atoms with Crippen LogP contribution >= 0.6 is 34.8 Å². The second-order valence-electron chi connectivity index (χ2n) is 4.87. The Kier molecular flexibility index (Phi) is 5.24. The number of hydrogen-bond donors (Lipinski definition) is 0. The molecule has 0 radical (unpaired) electrons. The third kappa shape index (κ3) is 3.25. The normalized spacial score (nSPS) is 15.8. The Morgan fingerprint density at radius 1 is 1.30 bits per heavy atom. The van der Waals surface area contributed by atoms with E-state index in [1.807, 2.05) is 6.92 Å². The first-order valence-electron chi connectivity index (χ1n) is 6.44. The van der Waals surface area contributed by atoms with Crippen LogP contribution in [-0.2, 0) is 15.9 Å². The van der Waals surface area contributed by atoms with Gasteiger partial charge in [-0.25, -0.2) is 8.42 Å². The largest absolute Gasteiger partial charge is 0.244 e. The molecule has 0 spiro atoms. The predicted molar refractivity (Wildman–Crippen MR) is 83.2 cm³/mol. The molecule has 1 aromatic carbocycles. The molecule has 1 aliphatic rings. The average Bonchev–Trinajstić information content (AvgIpc) is 3.19.